The average Bonchev–Trinajstić information content (AvgIpc) is 2.99. The van der Waals surface area contributed by atoms with E-state index in [1.807, 2.05) is 24.3 Å². The molecule has 106 valence electrons. The Labute approximate surface area is 118 Å². The summed E-state index contributed by atoms with van der Waals surface area (Å²) in [4.78, 5) is 26.3. The summed E-state index contributed by atoms with van der Waals surface area (Å²) >= 11 is 0. The molecule has 0 atom stereocenters. The number of amides is 2. The van der Waals surface area contributed by atoms with Gasteiger partial charge in [-0.05, 0) is 43.5 Å². The smallest absolute Gasteiger partial charge is 0.240 e. The summed E-state index contributed by atoms with van der Waals surface area (Å²) in [6.45, 7) is 0.601. The Hall–Kier alpha value is -1.68. The normalized spacial score (nSPS) is 21.1. The molecule has 4 heteroatoms. The van der Waals surface area contributed by atoms with Crippen LogP contribution in [-0.4, -0.2) is 18.4 Å². The number of carbonyl (C=O) groups is 2. The number of anilines is 1. The van der Waals surface area contributed by atoms with Crippen LogP contribution in [0.3, 0.4) is 0 Å². The molecule has 2 amide bonds. The number of carbonyl (C=O) groups excluding carboxylic acids is 2. The molecule has 0 aromatic heterocycles. The summed E-state index contributed by atoms with van der Waals surface area (Å²) in [5, 5.41) is 0. The first-order valence-corrected chi connectivity index (χ1v) is 7.33. The van der Waals surface area contributed by atoms with Crippen LogP contribution in [0.15, 0.2) is 24.3 Å². The first-order valence-electron chi connectivity index (χ1n) is 7.33. The van der Waals surface area contributed by atoms with Crippen LogP contribution in [-0.2, 0) is 16.0 Å². The summed E-state index contributed by atoms with van der Waals surface area (Å²) in [6.07, 6.45) is 5.03. The average molecular weight is 272 g/mol. The lowest BCUT2D eigenvalue weighted by atomic mass is 9.84. The molecule has 3 rings (SSSR count). The van der Waals surface area contributed by atoms with Gasteiger partial charge in [0.15, 0.2) is 0 Å². The maximum Gasteiger partial charge on any atom is 0.240 e. The van der Waals surface area contributed by atoms with Crippen molar-refractivity contribution in [1.82, 2.24) is 0 Å². The van der Waals surface area contributed by atoms with Gasteiger partial charge >= 0.3 is 0 Å². The van der Waals surface area contributed by atoms with Gasteiger partial charge in [-0.2, -0.15) is 0 Å². The third-order valence-electron chi connectivity index (χ3n) is 4.58. The van der Waals surface area contributed by atoms with E-state index < -0.39 is 5.41 Å². The van der Waals surface area contributed by atoms with Gasteiger partial charge in [-0.3, -0.25) is 14.5 Å². The second kappa shape index (κ2) is 5.02. The van der Waals surface area contributed by atoms with Crippen molar-refractivity contribution in [1.29, 1.82) is 0 Å². The Morgan fingerprint density at radius 1 is 1.10 bits per heavy atom. The van der Waals surface area contributed by atoms with E-state index in [0.717, 1.165) is 37.7 Å². The number of imide groups is 1. The van der Waals surface area contributed by atoms with Crippen LogP contribution in [0.25, 0.3) is 0 Å². The monoisotopic (exact) mass is 272 g/mol. The van der Waals surface area contributed by atoms with Crippen molar-refractivity contribution in [2.24, 2.45) is 11.1 Å². The minimum atomic E-state index is -0.396. The highest BCUT2D eigenvalue weighted by Gasteiger charge is 2.52. The van der Waals surface area contributed by atoms with Gasteiger partial charge in [0.05, 0.1) is 11.1 Å². The molecule has 1 spiro atoms. The molecule has 1 aliphatic carbocycles. The number of nitrogens with zero attached hydrogens (tertiary/aromatic N) is 1. The molecule has 20 heavy (non-hydrogen) atoms. The van der Waals surface area contributed by atoms with Gasteiger partial charge in [-0.1, -0.05) is 25.0 Å². The van der Waals surface area contributed by atoms with Crippen LogP contribution in [0.1, 0.15) is 37.7 Å². The van der Waals surface area contributed by atoms with Crippen LogP contribution in [0.2, 0.25) is 0 Å². The fourth-order valence-electron chi connectivity index (χ4n) is 3.48. The van der Waals surface area contributed by atoms with Crippen LogP contribution in [0.4, 0.5) is 5.69 Å². The van der Waals surface area contributed by atoms with Crippen LogP contribution >= 0.6 is 0 Å². The molecular weight excluding hydrogens is 252 g/mol. The molecule has 1 saturated carbocycles. The summed E-state index contributed by atoms with van der Waals surface area (Å²) in [7, 11) is 0. The van der Waals surface area contributed by atoms with E-state index in [4.69, 9.17) is 5.73 Å². The van der Waals surface area contributed by atoms with Crippen molar-refractivity contribution in [3.63, 3.8) is 0 Å². The molecule has 1 aliphatic heterocycles. The van der Waals surface area contributed by atoms with Crippen LogP contribution in [0.5, 0.6) is 0 Å². The van der Waals surface area contributed by atoms with Crippen molar-refractivity contribution in [2.45, 2.75) is 38.5 Å². The summed E-state index contributed by atoms with van der Waals surface area (Å²) < 4.78 is 0. The Balaban J connectivity index is 1.86. The Morgan fingerprint density at radius 2 is 1.75 bits per heavy atom. The summed E-state index contributed by atoms with van der Waals surface area (Å²) in [6, 6.07) is 7.61. The van der Waals surface area contributed by atoms with E-state index in [1.54, 1.807) is 0 Å². The SMILES string of the molecule is NCCc1ccc(N2C(=O)CC3(CCCC3)C2=O)cc1. The molecule has 1 aromatic carbocycles. The Kier molecular flexibility index (Phi) is 3.34. The molecule has 4 nitrogen and oxygen atoms in total. The van der Waals surface area contributed by atoms with Crippen molar-refractivity contribution in [3.05, 3.63) is 29.8 Å². The second-order valence-electron chi connectivity index (χ2n) is 5.90. The van der Waals surface area contributed by atoms with Gasteiger partial charge in [0, 0.05) is 6.42 Å². The first kappa shape index (κ1) is 13.3. The van der Waals surface area contributed by atoms with Crippen LogP contribution < -0.4 is 10.6 Å². The van der Waals surface area contributed by atoms with Crippen LogP contribution in [0, 0.1) is 5.41 Å². The molecule has 2 aliphatic rings. The Bertz CT molecular complexity index is 530. The summed E-state index contributed by atoms with van der Waals surface area (Å²) in [5.74, 6) is -0.0463. The van der Waals surface area contributed by atoms with Gasteiger partial charge in [0.1, 0.15) is 0 Å². The first-order chi connectivity index (χ1) is 9.66. The molecule has 0 unspecified atom stereocenters. The van der Waals surface area contributed by atoms with Gasteiger partial charge < -0.3 is 5.73 Å². The van der Waals surface area contributed by atoms with Gasteiger partial charge in [-0.15, -0.1) is 0 Å². The number of rotatable bonds is 3. The van der Waals surface area contributed by atoms with Crippen molar-refractivity contribution in [3.8, 4) is 0 Å². The standard InChI is InChI=1S/C16H20N2O2/c17-10-7-12-3-5-13(6-4-12)18-14(19)11-16(15(18)20)8-1-2-9-16/h3-6H,1-2,7-11,17H2. The zero-order valence-corrected chi connectivity index (χ0v) is 11.6. The van der Waals surface area contributed by atoms with Crippen molar-refractivity contribution >= 4 is 17.5 Å². The van der Waals surface area contributed by atoms with Crippen molar-refractivity contribution in [2.75, 3.05) is 11.4 Å². The zero-order chi connectivity index (χ0) is 14.2. The third kappa shape index (κ3) is 2.04. The molecule has 2 N–H and O–H groups in total. The molecular formula is C16H20N2O2. The van der Waals surface area contributed by atoms with E-state index in [9.17, 15) is 9.59 Å². The highest BCUT2D eigenvalue weighted by Crippen LogP contribution is 2.47. The Morgan fingerprint density at radius 3 is 2.35 bits per heavy atom. The maximum atomic E-state index is 12.6. The highest BCUT2D eigenvalue weighted by molar-refractivity contribution is 6.22. The zero-order valence-electron chi connectivity index (χ0n) is 11.6. The number of nitrogens with two attached hydrogens (primary N) is 1. The predicted octanol–water partition coefficient (Wildman–Crippen LogP) is 2.01. The maximum absolute atomic E-state index is 12.6. The lowest BCUT2D eigenvalue weighted by molar-refractivity contribution is -0.125. The summed E-state index contributed by atoms with van der Waals surface area (Å²) in [5.41, 5.74) is 6.96. The lowest BCUT2D eigenvalue weighted by Crippen LogP contribution is -2.34. The van der Waals surface area contributed by atoms with Gasteiger partial charge in [-0.25, -0.2) is 0 Å². The fraction of sp³-hybridized carbons (Fsp3) is 0.500. The quantitative estimate of drug-likeness (QED) is 0.856. The number of hydrogen-bond acceptors (Lipinski definition) is 3. The van der Waals surface area contributed by atoms with E-state index in [-0.39, 0.29) is 11.8 Å². The molecule has 1 aromatic rings. The molecule has 1 heterocycles. The van der Waals surface area contributed by atoms with Gasteiger partial charge in [0.25, 0.3) is 0 Å². The molecule has 0 bridgehead atoms. The molecule has 2 fully saturated rings. The minimum absolute atomic E-state index is 0.00609. The van der Waals surface area contributed by atoms with E-state index >= 15 is 0 Å². The third-order valence-corrected chi connectivity index (χ3v) is 4.58. The fourth-order valence-corrected chi connectivity index (χ4v) is 3.48. The largest absolute Gasteiger partial charge is 0.330 e. The number of hydrogen-bond donors (Lipinski definition) is 1. The molecule has 1 saturated heterocycles. The van der Waals surface area contributed by atoms with E-state index in [2.05, 4.69) is 0 Å². The highest BCUT2D eigenvalue weighted by atomic mass is 16.2. The minimum Gasteiger partial charge on any atom is -0.330 e. The topological polar surface area (TPSA) is 63.4 Å². The second-order valence-corrected chi connectivity index (χ2v) is 5.90. The number of benzene rings is 1. The van der Waals surface area contributed by atoms with E-state index in [1.165, 1.54) is 4.90 Å². The van der Waals surface area contributed by atoms with Gasteiger partial charge in [0.2, 0.25) is 11.8 Å². The lowest BCUT2D eigenvalue weighted by Gasteiger charge is -2.21. The van der Waals surface area contributed by atoms with E-state index in [0.29, 0.717) is 18.7 Å². The van der Waals surface area contributed by atoms with Crippen molar-refractivity contribution < 1.29 is 9.59 Å². The molecule has 0 radical (unpaired) electrons. The predicted molar refractivity (Wildman–Crippen MR) is 77.2 cm³/mol.